The van der Waals surface area contributed by atoms with Crippen LogP contribution in [0.1, 0.15) is 13.3 Å². The molecule has 1 unspecified atom stereocenters. The van der Waals surface area contributed by atoms with Crippen LogP contribution in [0.4, 0.5) is 10.5 Å². The van der Waals surface area contributed by atoms with Gasteiger partial charge in [0.2, 0.25) is 0 Å². The summed E-state index contributed by atoms with van der Waals surface area (Å²) in [5.41, 5.74) is 2.32. The van der Waals surface area contributed by atoms with Gasteiger partial charge in [-0.05, 0) is 31.5 Å². The number of aromatic amines is 1. The Morgan fingerprint density at radius 2 is 2.32 bits per heavy atom. The number of rotatable bonds is 3. The number of aromatic nitrogens is 2. The largest absolute Gasteiger partial charge is 0.345 e. The van der Waals surface area contributed by atoms with Crippen LogP contribution in [0.5, 0.6) is 0 Å². The lowest BCUT2D eigenvalue weighted by Crippen LogP contribution is -2.43. The molecule has 1 atom stereocenters. The number of amides is 2. The summed E-state index contributed by atoms with van der Waals surface area (Å²) in [6.45, 7) is 2.32. The maximum Gasteiger partial charge on any atom is 0.322 e. The van der Waals surface area contributed by atoms with Crippen molar-refractivity contribution in [2.75, 3.05) is 23.4 Å². The van der Waals surface area contributed by atoms with Crippen molar-refractivity contribution >= 4 is 32.6 Å². The van der Waals surface area contributed by atoms with Crippen molar-refractivity contribution in [3.63, 3.8) is 0 Å². The number of carbonyl (C=O) groups excluding carboxylic acids is 1. The van der Waals surface area contributed by atoms with Crippen LogP contribution < -0.4 is 5.32 Å². The fourth-order valence-electron chi connectivity index (χ4n) is 2.80. The van der Waals surface area contributed by atoms with Crippen LogP contribution in [-0.4, -0.2) is 53.4 Å². The zero-order valence-corrected chi connectivity index (χ0v) is 13.1. The number of nitrogens with zero attached hydrogens (tertiary/aromatic N) is 2. The lowest BCUT2D eigenvalue weighted by molar-refractivity contribution is 0.197. The fourth-order valence-corrected chi connectivity index (χ4v) is 4.53. The number of H-pyrrole nitrogens is 1. The second-order valence-electron chi connectivity index (χ2n) is 5.41. The van der Waals surface area contributed by atoms with Crippen molar-refractivity contribution in [3.05, 3.63) is 24.5 Å². The third kappa shape index (κ3) is 2.92. The number of carbonyl (C=O) groups is 1. The lowest BCUT2D eigenvalue weighted by Gasteiger charge is -2.27. The Kier molecular flexibility index (Phi) is 3.78. The topological polar surface area (TPSA) is 95.2 Å². The molecule has 2 N–H and O–H groups in total. The van der Waals surface area contributed by atoms with Gasteiger partial charge < -0.3 is 15.2 Å². The molecule has 3 rings (SSSR count). The SMILES string of the molecule is CCN(C(=O)Nc1ccc2nc[nH]c2c1)C1CCS(=O)(=O)C1. The predicted octanol–water partition coefficient (Wildman–Crippen LogP) is 1.60. The Labute approximate surface area is 128 Å². The first kappa shape index (κ1) is 14.8. The van der Waals surface area contributed by atoms with Gasteiger partial charge in [0.1, 0.15) is 0 Å². The van der Waals surface area contributed by atoms with E-state index in [0.29, 0.717) is 18.7 Å². The van der Waals surface area contributed by atoms with Gasteiger partial charge in [-0.25, -0.2) is 18.2 Å². The molecule has 0 aliphatic carbocycles. The lowest BCUT2D eigenvalue weighted by atomic mass is 10.2. The molecule has 1 fully saturated rings. The standard InChI is InChI=1S/C14H18N4O3S/c1-2-18(11-5-6-22(20,21)8-11)14(19)17-10-3-4-12-13(7-10)16-9-15-12/h3-4,7,9,11H,2,5-6,8H2,1H3,(H,15,16)(H,17,19). The number of fused-ring (bicyclic) bond motifs is 1. The molecule has 2 heterocycles. The van der Waals surface area contributed by atoms with Gasteiger partial charge in [0.05, 0.1) is 28.9 Å². The number of benzene rings is 1. The van der Waals surface area contributed by atoms with Crippen LogP contribution in [0.3, 0.4) is 0 Å². The molecule has 0 spiro atoms. The van der Waals surface area contributed by atoms with Crippen LogP contribution in [0.2, 0.25) is 0 Å². The average Bonchev–Trinajstić information content (AvgIpc) is 3.05. The van der Waals surface area contributed by atoms with Crippen molar-refractivity contribution in [2.24, 2.45) is 0 Å². The maximum atomic E-state index is 12.4. The van der Waals surface area contributed by atoms with E-state index in [4.69, 9.17) is 0 Å². The summed E-state index contributed by atoms with van der Waals surface area (Å²) >= 11 is 0. The molecule has 2 aromatic rings. The highest BCUT2D eigenvalue weighted by molar-refractivity contribution is 7.91. The van der Waals surface area contributed by atoms with Crippen LogP contribution in [-0.2, 0) is 9.84 Å². The molecule has 0 bridgehead atoms. The molecular weight excluding hydrogens is 304 g/mol. The zero-order valence-electron chi connectivity index (χ0n) is 12.2. The minimum atomic E-state index is -3.01. The molecule has 1 saturated heterocycles. The molecule has 118 valence electrons. The van der Waals surface area contributed by atoms with E-state index in [1.165, 1.54) is 0 Å². The summed E-state index contributed by atoms with van der Waals surface area (Å²) in [6.07, 6.45) is 2.10. The second-order valence-corrected chi connectivity index (χ2v) is 7.64. The smallest absolute Gasteiger partial charge is 0.322 e. The quantitative estimate of drug-likeness (QED) is 0.897. The monoisotopic (exact) mass is 322 g/mol. The summed E-state index contributed by atoms with van der Waals surface area (Å²) in [6, 6.07) is 4.88. The van der Waals surface area contributed by atoms with Crippen LogP contribution in [0.15, 0.2) is 24.5 Å². The molecule has 22 heavy (non-hydrogen) atoms. The van der Waals surface area contributed by atoms with Crippen molar-refractivity contribution in [1.29, 1.82) is 0 Å². The molecule has 1 aromatic heterocycles. The van der Waals surface area contributed by atoms with Crippen molar-refractivity contribution in [1.82, 2.24) is 14.9 Å². The van der Waals surface area contributed by atoms with Crippen LogP contribution >= 0.6 is 0 Å². The molecule has 0 radical (unpaired) electrons. The number of hydrogen-bond acceptors (Lipinski definition) is 4. The minimum absolute atomic E-state index is 0.0494. The number of hydrogen-bond donors (Lipinski definition) is 2. The predicted molar refractivity (Wildman–Crippen MR) is 84.6 cm³/mol. The molecule has 8 heteroatoms. The van der Waals surface area contributed by atoms with E-state index < -0.39 is 9.84 Å². The third-order valence-corrected chi connectivity index (χ3v) is 5.67. The first-order valence-corrected chi connectivity index (χ1v) is 9.02. The zero-order chi connectivity index (χ0) is 15.7. The van der Waals surface area contributed by atoms with Gasteiger partial charge in [0.25, 0.3) is 0 Å². The molecular formula is C14H18N4O3S. The molecule has 7 nitrogen and oxygen atoms in total. The highest BCUT2D eigenvalue weighted by atomic mass is 32.2. The summed E-state index contributed by atoms with van der Waals surface area (Å²) < 4.78 is 23.2. The summed E-state index contributed by atoms with van der Waals surface area (Å²) in [4.78, 5) is 21.1. The number of sulfone groups is 1. The van der Waals surface area contributed by atoms with Gasteiger partial charge in [0.15, 0.2) is 9.84 Å². The average molecular weight is 322 g/mol. The van der Waals surface area contributed by atoms with Gasteiger partial charge in [-0.1, -0.05) is 0 Å². The molecule has 2 amide bonds. The molecule has 1 aliphatic heterocycles. The third-order valence-electron chi connectivity index (χ3n) is 3.92. The summed E-state index contributed by atoms with van der Waals surface area (Å²) in [5.74, 6) is 0.204. The molecule has 1 aromatic carbocycles. The Balaban J connectivity index is 1.74. The van der Waals surface area contributed by atoms with Crippen LogP contribution in [0.25, 0.3) is 11.0 Å². The van der Waals surface area contributed by atoms with E-state index >= 15 is 0 Å². The highest BCUT2D eigenvalue weighted by Crippen LogP contribution is 2.20. The van der Waals surface area contributed by atoms with Gasteiger partial charge in [-0.2, -0.15) is 0 Å². The number of imidazole rings is 1. The number of nitrogens with one attached hydrogen (secondary N) is 2. The van der Waals surface area contributed by atoms with Crippen molar-refractivity contribution in [3.8, 4) is 0 Å². The van der Waals surface area contributed by atoms with E-state index in [1.807, 2.05) is 13.0 Å². The Bertz CT molecular complexity index is 799. The van der Waals surface area contributed by atoms with E-state index in [0.717, 1.165) is 11.0 Å². The number of urea groups is 1. The fraction of sp³-hybridized carbons (Fsp3) is 0.429. The van der Waals surface area contributed by atoms with Crippen molar-refractivity contribution < 1.29 is 13.2 Å². The van der Waals surface area contributed by atoms with Crippen molar-refractivity contribution in [2.45, 2.75) is 19.4 Å². The summed E-state index contributed by atoms with van der Waals surface area (Å²) in [7, 11) is -3.01. The van der Waals surface area contributed by atoms with Gasteiger partial charge in [0, 0.05) is 18.3 Å². The van der Waals surface area contributed by atoms with Gasteiger partial charge in [-0.3, -0.25) is 0 Å². The molecule has 0 saturated carbocycles. The van der Waals surface area contributed by atoms with E-state index in [2.05, 4.69) is 15.3 Å². The minimum Gasteiger partial charge on any atom is -0.345 e. The Morgan fingerprint density at radius 3 is 3.00 bits per heavy atom. The molecule has 1 aliphatic rings. The first-order chi connectivity index (χ1) is 10.5. The van der Waals surface area contributed by atoms with Gasteiger partial charge in [-0.15, -0.1) is 0 Å². The summed E-state index contributed by atoms with van der Waals surface area (Å²) in [5, 5.41) is 2.82. The Hall–Kier alpha value is -2.09. The second kappa shape index (κ2) is 5.60. The Morgan fingerprint density at radius 1 is 1.50 bits per heavy atom. The van der Waals surface area contributed by atoms with Crippen LogP contribution in [0, 0.1) is 0 Å². The van der Waals surface area contributed by atoms with E-state index in [9.17, 15) is 13.2 Å². The van der Waals surface area contributed by atoms with Gasteiger partial charge >= 0.3 is 6.03 Å². The van der Waals surface area contributed by atoms with E-state index in [-0.39, 0.29) is 23.6 Å². The number of anilines is 1. The maximum absolute atomic E-state index is 12.4. The normalized spacial score (nSPS) is 20.1. The highest BCUT2D eigenvalue weighted by Gasteiger charge is 2.33. The first-order valence-electron chi connectivity index (χ1n) is 7.19. The van der Waals surface area contributed by atoms with E-state index in [1.54, 1.807) is 23.4 Å².